The number of rotatable bonds is 3. The summed E-state index contributed by atoms with van der Waals surface area (Å²) in [5.74, 6) is 0.622. The number of hydrogen-bond donors (Lipinski definition) is 2. The third-order valence-electron chi connectivity index (χ3n) is 4.06. The van der Waals surface area contributed by atoms with Crippen LogP contribution in [0.4, 0.5) is 5.69 Å². The summed E-state index contributed by atoms with van der Waals surface area (Å²) in [6.07, 6.45) is 5.01. The molecular formula is C14H21ClN2. The summed E-state index contributed by atoms with van der Waals surface area (Å²) >= 11 is 5.90. The van der Waals surface area contributed by atoms with Gasteiger partial charge in [-0.1, -0.05) is 31.4 Å². The molecule has 2 rings (SSSR count). The number of anilines is 1. The molecule has 3 N–H and O–H groups in total. The zero-order valence-electron chi connectivity index (χ0n) is 10.4. The molecule has 1 aliphatic rings. The molecule has 1 aromatic rings. The Hall–Kier alpha value is -0.730. The summed E-state index contributed by atoms with van der Waals surface area (Å²) in [5, 5.41) is 4.41. The second kappa shape index (κ2) is 5.28. The van der Waals surface area contributed by atoms with Gasteiger partial charge in [-0.3, -0.25) is 0 Å². The second-order valence-corrected chi connectivity index (χ2v) is 5.58. The smallest absolute Gasteiger partial charge is 0.0521 e. The summed E-state index contributed by atoms with van der Waals surface area (Å²) in [4.78, 5) is 0. The highest BCUT2D eigenvalue weighted by Gasteiger charge is 2.36. The minimum absolute atomic E-state index is 0.0616. The lowest BCUT2D eigenvalue weighted by molar-refractivity contribution is 0.235. The minimum Gasteiger partial charge on any atom is -0.378 e. The van der Waals surface area contributed by atoms with Gasteiger partial charge in [-0.2, -0.15) is 0 Å². The van der Waals surface area contributed by atoms with Crippen molar-refractivity contribution in [2.75, 3.05) is 11.9 Å². The molecule has 1 aliphatic carbocycles. The van der Waals surface area contributed by atoms with Gasteiger partial charge in [0.2, 0.25) is 0 Å². The molecular weight excluding hydrogens is 232 g/mol. The highest BCUT2D eigenvalue weighted by atomic mass is 35.5. The molecule has 0 spiro atoms. The van der Waals surface area contributed by atoms with E-state index in [9.17, 15) is 0 Å². The van der Waals surface area contributed by atoms with E-state index in [4.69, 9.17) is 17.3 Å². The van der Waals surface area contributed by atoms with E-state index < -0.39 is 0 Å². The second-order valence-electron chi connectivity index (χ2n) is 5.14. The van der Waals surface area contributed by atoms with Crippen LogP contribution in [0.2, 0.25) is 5.02 Å². The van der Waals surface area contributed by atoms with Crippen molar-refractivity contribution in [3.05, 3.63) is 29.3 Å². The summed E-state index contributed by atoms with van der Waals surface area (Å²) < 4.78 is 0. The molecule has 1 aromatic carbocycles. The van der Waals surface area contributed by atoms with Crippen LogP contribution in [0.3, 0.4) is 0 Å². The molecule has 0 aliphatic heterocycles. The van der Waals surface area contributed by atoms with Gasteiger partial charge < -0.3 is 11.1 Å². The molecule has 2 unspecified atom stereocenters. The van der Waals surface area contributed by atoms with Gasteiger partial charge in [0, 0.05) is 17.3 Å². The van der Waals surface area contributed by atoms with Crippen molar-refractivity contribution >= 4 is 17.3 Å². The van der Waals surface area contributed by atoms with Gasteiger partial charge in [0.15, 0.2) is 0 Å². The lowest BCUT2D eigenvalue weighted by Crippen LogP contribution is -2.52. The molecule has 0 amide bonds. The predicted molar refractivity (Wildman–Crippen MR) is 74.5 cm³/mol. The molecule has 94 valence electrons. The van der Waals surface area contributed by atoms with Crippen LogP contribution in [-0.2, 0) is 0 Å². The maximum atomic E-state index is 6.02. The van der Waals surface area contributed by atoms with Crippen LogP contribution in [0.15, 0.2) is 24.3 Å². The van der Waals surface area contributed by atoms with Gasteiger partial charge in [0.1, 0.15) is 0 Å². The summed E-state index contributed by atoms with van der Waals surface area (Å²) in [6.45, 7) is 2.99. The van der Waals surface area contributed by atoms with Crippen LogP contribution in [0, 0.1) is 5.92 Å². The lowest BCUT2D eigenvalue weighted by atomic mass is 9.73. The van der Waals surface area contributed by atoms with Crippen LogP contribution in [-0.4, -0.2) is 12.1 Å². The Labute approximate surface area is 109 Å². The minimum atomic E-state index is 0.0616. The Kier molecular flexibility index (Phi) is 3.95. The summed E-state index contributed by atoms with van der Waals surface area (Å²) in [5.41, 5.74) is 7.20. The Morgan fingerprint density at radius 1 is 1.35 bits per heavy atom. The van der Waals surface area contributed by atoms with E-state index in [0.717, 1.165) is 17.1 Å². The van der Waals surface area contributed by atoms with Gasteiger partial charge in [-0.05, 0) is 43.0 Å². The number of halogens is 1. The van der Waals surface area contributed by atoms with Gasteiger partial charge in [0.25, 0.3) is 0 Å². The largest absolute Gasteiger partial charge is 0.378 e. The molecule has 1 saturated carbocycles. The fraction of sp³-hybridized carbons (Fsp3) is 0.571. The first kappa shape index (κ1) is 12.7. The van der Waals surface area contributed by atoms with Crippen molar-refractivity contribution < 1.29 is 0 Å². The molecule has 0 bridgehead atoms. The van der Waals surface area contributed by atoms with Gasteiger partial charge in [0.05, 0.1) is 5.54 Å². The zero-order chi connectivity index (χ0) is 12.3. The van der Waals surface area contributed by atoms with E-state index in [2.05, 4.69) is 12.2 Å². The predicted octanol–water partition coefficient (Wildman–Crippen LogP) is 3.66. The summed E-state index contributed by atoms with van der Waals surface area (Å²) in [7, 11) is 0. The van der Waals surface area contributed by atoms with Gasteiger partial charge in [-0.25, -0.2) is 0 Å². The SMILES string of the molecule is CC1CCCCC1(CN)Nc1ccc(Cl)cc1. The number of benzene rings is 1. The number of hydrogen-bond acceptors (Lipinski definition) is 2. The first-order valence-electron chi connectivity index (χ1n) is 6.40. The lowest BCUT2D eigenvalue weighted by Gasteiger charge is -2.43. The molecule has 17 heavy (non-hydrogen) atoms. The topological polar surface area (TPSA) is 38.0 Å². The molecule has 0 radical (unpaired) electrons. The zero-order valence-corrected chi connectivity index (χ0v) is 11.1. The first-order chi connectivity index (χ1) is 8.16. The number of nitrogens with two attached hydrogens (primary N) is 1. The van der Waals surface area contributed by atoms with E-state index in [0.29, 0.717) is 12.5 Å². The van der Waals surface area contributed by atoms with Crippen molar-refractivity contribution in [1.82, 2.24) is 0 Å². The molecule has 2 atom stereocenters. The van der Waals surface area contributed by atoms with Crippen LogP contribution in [0.5, 0.6) is 0 Å². The van der Waals surface area contributed by atoms with Crippen molar-refractivity contribution in [1.29, 1.82) is 0 Å². The Bertz CT molecular complexity index is 363. The maximum Gasteiger partial charge on any atom is 0.0521 e. The Morgan fingerprint density at radius 3 is 2.65 bits per heavy atom. The Morgan fingerprint density at radius 2 is 2.06 bits per heavy atom. The first-order valence-corrected chi connectivity index (χ1v) is 6.78. The van der Waals surface area contributed by atoms with Crippen molar-refractivity contribution in [2.45, 2.75) is 38.1 Å². The van der Waals surface area contributed by atoms with Crippen LogP contribution >= 0.6 is 11.6 Å². The maximum absolute atomic E-state index is 6.02. The van der Waals surface area contributed by atoms with Gasteiger partial charge >= 0.3 is 0 Å². The fourth-order valence-electron chi connectivity index (χ4n) is 2.77. The van der Waals surface area contributed by atoms with Crippen LogP contribution in [0.25, 0.3) is 0 Å². The third-order valence-corrected chi connectivity index (χ3v) is 4.31. The molecule has 1 fully saturated rings. The number of nitrogens with one attached hydrogen (secondary N) is 1. The molecule has 3 heteroatoms. The molecule has 0 heterocycles. The standard InChI is InChI=1S/C14H21ClN2/c1-11-4-2-3-9-14(11,10-16)17-13-7-5-12(15)6-8-13/h5-8,11,17H,2-4,9-10,16H2,1H3. The van der Waals surface area contributed by atoms with Crippen LogP contribution in [0.1, 0.15) is 32.6 Å². The highest BCUT2D eigenvalue weighted by Crippen LogP contribution is 2.35. The quantitative estimate of drug-likeness (QED) is 0.862. The molecule has 0 aromatic heterocycles. The molecule has 2 nitrogen and oxygen atoms in total. The average molecular weight is 253 g/mol. The Balaban J connectivity index is 2.15. The van der Waals surface area contributed by atoms with Crippen molar-refractivity contribution in [3.8, 4) is 0 Å². The normalized spacial score (nSPS) is 29.0. The van der Waals surface area contributed by atoms with E-state index in [1.54, 1.807) is 0 Å². The summed E-state index contributed by atoms with van der Waals surface area (Å²) in [6, 6.07) is 7.89. The fourth-order valence-corrected chi connectivity index (χ4v) is 2.90. The van der Waals surface area contributed by atoms with Crippen LogP contribution < -0.4 is 11.1 Å². The average Bonchev–Trinajstić information content (AvgIpc) is 2.35. The van der Waals surface area contributed by atoms with E-state index in [1.807, 2.05) is 24.3 Å². The highest BCUT2D eigenvalue weighted by molar-refractivity contribution is 6.30. The van der Waals surface area contributed by atoms with E-state index in [-0.39, 0.29) is 5.54 Å². The molecule has 0 saturated heterocycles. The van der Waals surface area contributed by atoms with E-state index >= 15 is 0 Å². The van der Waals surface area contributed by atoms with E-state index in [1.165, 1.54) is 19.3 Å². The third kappa shape index (κ3) is 2.75. The van der Waals surface area contributed by atoms with Crippen molar-refractivity contribution in [3.63, 3.8) is 0 Å². The van der Waals surface area contributed by atoms with Crippen molar-refractivity contribution in [2.24, 2.45) is 11.7 Å². The van der Waals surface area contributed by atoms with Gasteiger partial charge in [-0.15, -0.1) is 0 Å². The monoisotopic (exact) mass is 252 g/mol.